The highest BCUT2D eigenvalue weighted by molar-refractivity contribution is 5.95. The molecule has 23 heavy (non-hydrogen) atoms. The third kappa shape index (κ3) is 2.98. The second-order valence-electron chi connectivity index (χ2n) is 5.94. The molecule has 0 saturated carbocycles. The Bertz CT molecular complexity index is 715. The number of ether oxygens (including phenoxy) is 1. The van der Waals surface area contributed by atoms with Crippen LogP contribution in [0.25, 0.3) is 11.1 Å². The van der Waals surface area contributed by atoms with Crippen molar-refractivity contribution in [1.29, 1.82) is 0 Å². The lowest BCUT2D eigenvalue weighted by Crippen LogP contribution is -2.43. The van der Waals surface area contributed by atoms with Crippen LogP contribution in [0.4, 0.5) is 0 Å². The number of esters is 1. The fourth-order valence-corrected chi connectivity index (χ4v) is 3.22. The molecule has 0 bridgehead atoms. The van der Waals surface area contributed by atoms with Gasteiger partial charge in [0.2, 0.25) is 5.91 Å². The van der Waals surface area contributed by atoms with E-state index in [9.17, 15) is 9.59 Å². The van der Waals surface area contributed by atoms with Crippen molar-refractivity contribution >= 4 is 23.0 Å². The molecule has 3 rings (SSSR count). The summed E-state index contributed by atoms with van der Waals surface area (Å²) in [5.41, 5.74) is 1.69. The Morgan fingerprint density at radius 3 is 2.96 bits per heavy atom. The van der Waals surface area contributed by atoms with E-state index in [1.807, 2.05) is 4.90 Å². The molecule has 1 saturated heterocycles. The number of aromatic nitrogens is 1. The Morgan fingerprint density at radius 1 is 1.39 bits per heavy atom. The van der Waals surface area contributed by atoms with E-state index >= 15 is 0 Å². The molecule has 0 aliphatic carbocycles. The molecule has 3 heterocycles. The number of piperidine rings is 1. The van der Waals surface area contributed by atoms with E-state index in [2.05, 4.69) is 6.92 Å². The van der Waals surface area contributed by atoms with Gasteiger partial charge in [-0.15, -0.1) is 0 Å². The predicted molar refractivity (Wildman–Crippen MR) is 85.2 cm³/mol. The van der Waals surface area contributed by atoms with Crippen molar-refractivity contribution in [3.8, 4) is 0 Å². The first-order valence-corrected chi connectivity index (χ1v) is 8.15. The van der Waals surface area contributed by atoms with Gasteiger partial charge in [-0.1, -0.05) is 0 Å². The van der Waals surface area contributed by atoms with Gasteiger partial charge < -0.3 is 18.6 Å². The van der Waals surface area contributed by atoms with Gasteiger partial charge in [-0.05, 0) is 33.1 Å². The van der Waals surface area contributed by atoms with Gasteiger partial charge in [0.1, 0.15) is 12.2 Å². The summed E-state index contributed by atoms with van der Waals surface area (Å²) in [5.74, 6) is -0.403. The standard InChI is InChI=1S/C17H22N2O4/c1-3-22-17(21)14-10-15-13(7-9-23-15)19(14)11-16(20)18-8-5-4-6-12(18)2/h7,9-10,12H,3-6,8,11H2,1-2H3. The first-order valence-electron chi connectivity index (χ1n) is 8.15. The molecule has 1 unspecified atom stereocenters. The van der Waals surface area contributed by atoms with Gasteiger partial charge in [-0.2, -0.15) is 0 Å². The molecule has 6 nitrogen and oxygen atoms in total. The lowest BCUT2D eigenvalue weighted by atomic mass is 10.0. The zero-order valence-corrected chi connectivity index (χ0v) is 13.6. The molecule has 1 aliphatic heterocycles. The Morgan fingerprint density at radius 2 is 2.22 bits per heavy atom. The van der Waals surface area contributed by atoms with Crippen LogP contribution in [0.2, 0.25) is 0 Å². The zero-order chi connectivity index (χ0) is 16.4. The van der Waals surface area contributed by atoms with Crippen molar-refractivity contribution in [2.75, 3.05) is 13.2 Å². The number of likely N-dealkylation sites (tertiary alicyclic amines) is 1. The number of rotatable bonds is 4. The maximum atomic E-state index is 12.7. The highest BCUT2D eigenvalue weighted by atomic mass is 16.5. The molecule has 1 fully saturated rings. The first kappa shape index (κ1) is 15.6. The summed E-state index contributed by atoms with van der Waals surface area (Å²) in [6, 6.07) is 3.66. The quantitative estimate of drug-likeness (QED) is 0.813. The van der Waals surface area contributed by atoms with Gasteiger partial charge in [0.15, 0.2) is 5.58 Å². The summed E-state index contributed by atoms with van der Waals surface area (Å²) < 4.78 is 12.1. The average Bonchev–Trinajstić information content (AvgIpc) is 3.10. The van der Waals surface area contributed by atoms with Crippen LogP contribution in [0.5, 0.6) is 0 Å². The molecule has 1 aliphatic rings. The van der Waals surface area contributed by atoms with Gasteiger partial charge >= 0.3 is 5.97 Å². The van der Waals surface area contributed by atoms with Crippen LogP contribution in [0.1, 0.15) is 43.6 Å². The minimum absolute atomic E-state index is 0.0291. The number of carbonyl (C=O) groups is 2. The van der Waals surface area contributed by atoms with Crippen molar-refractivity contribution in [2.45, 2.75) is 45.7 Å². The molecule has 6 heteroatoms. The zero-order valence-electron chi connectivity index (χ0n) is 13.6. The van der Waals surface area contributed by atoms with Crippen molar-refractivity contribution in [3.05, 3.63) is 24.1 Å². The number of hydrogen-bond acceptors (Lipinski definition) is 4. The summed E-state index contributed by atoms with van der Waals surface area (Å²) in [5, 5.41) is 0. The number of amides is 1. The highest BCUT2D eigenvalue weighted by Gasteiger charge is 2.26. The maximum absolute atomic E-state index is 12.7. The van der Waals surface area contributed by atoms with Crippen LogP contribution >= 0.6 is 0 Å². The summed E-state index contributed by atoms with van der Waals surface area (Å²) in [4.78, 5) is 26.7. The molecular weight excluding hydrogens is 296 g/mol. The smallest absolute Gasteiger partial charge is 0.355 e. The predicted octanol–water partition coefficient (Wildman–Crippen LogP) is 2.81. The number of furan rings is 1. The van der Waals surface area contributed by atoms with E-state index in [4.69, 9.17) is 9.15 Å². The van der Waals surface area contributed by atoms with Gasteiger partial charge in [0, 0.05) is 24.7 Å². The monoisotopic (exact) mass is 318 g/mol. The Hall–Kier alpha value is -2.24. The summed E-state index contributed by atoms with van der Waals surface area (Å²) in [7, 11) is 0. The summed E-state index contributed by atoms with van der Waals surface area (Å²) >= 11 is 0. The minimum Gasteiger partial charge on any atom is -0.463 e. The first-order chi connectivity index (χ1) is 11.1. The molecular formula is C17H22N2O4. The normalized spacial score (nSPS) is 18.3. The second kappa shape index (κ2) is 6.48. The van der Waals surface area contributed by atoms with Gasteiger partial charge in [0.25, 0.3) is 0 Å². The lowest BCUT2D eigenvalue weighted by Gasteiger charge is -2.33. The van der Waals surface area contributed by atoms with E-state index in [-0.39, 0.29) is 18.5 Å². The molecule has 2 aromatic rings. The van der Waals surface area contributed by atoms with E-state index in [0.717, 1.165) is 31.3 Å². The van der Waals surface area contributed by atoms with Crippen molar-refractivity contribution in [1.82, 2.24) is 9.47 Å². The van der Waals surface area contributed by atoms with Crippen molar-refractivity contribution < 1.29 is 18.7 Å². The summed E-state index contributed by atoms with van der Waals surface area (Å²) in [6.07, 6.45) is 4.79. The van der Waals surface area contributed by atoms with Crippen LogP contribution < -0.4 is 0 Å². The van der Waals surface area contributed by atoms with Crippen LogP contribution in [-0.4, -0.2) is 40.5 Å². The Labute approximate surface area is 135 Å². The average molecular weight is 318 g/mol. The molecule has 124 valence electrons. The fourth-order valence-electron chi connectivity index (χ4n) is 3.22. The number of fused-ring (bicyclic) bond motifs is 1. The van der Waals surface area contributed by atoms with Crippen molar-refractivity contribution in [3.63, 3.8) is 0 Å². The van der Waals surface area contributed by atoms with Crippen LogP contribution in [0.15, 0.2) is 22.8 Å². The Balaban J connectivity index is 1.88. The topological polar surface area (TPSA) is 64.7 Å². The minimum atomic E-state index is -0.432. The number of carbonyl (C=O) groups excluding carboxylic acids is 2. The molecule has 0 spiro atoms. The van der Waals surface area contributed by atoms with Gasteiger partial charge in [-0.25, -0.2) is 4.79 Å². The van der Waals surface area contributed by atoms with Crippen LogP contribution in [-0.2, 0) is 16.1 Å². The molecule has 1 amide bonds. The SMILES string of the molecule is CCOC(=O)c1cc2occc2n1CC(=O)N1CCCCC1C. The molecule has 0 radical (unpaired) electrons. The Kier molecular flexibility index (Phi) is 4.41. The molecule has 0 aromatic carbocycles. The van der Waals surface area contributed by atoms with E-state index < -0.39 is 5.97 Å². The van der Waals surface area contributed by atoms with Crippen LogP contribution in [0, 0.1) is 0 Å². The fraction of sp³-hybridized carbons (Fsp3) is 0.529. The summed E-state index contributed by atoms with van der Waals surface area (Å²) in [6.45, 7) is 5.04. The van der Waals surface area contributed by atoms with Crippen molar-refractivity contribution in [2.24, 2.45) is 0 Å². The van der Waals surface area contributed by atoms with Crippen LogP contribution in [0.3, 0.4) is 0 Å². The van der Waals surface area contributed by atoms with E-state index in [1.54, 1.807) is 29.9 Å². The number of hydrogen-bond donors (Lipinski definition) is 0. The van der Waals surface area contributed by atoms with Gasteiger partial charge in [-0.3, -0.25) is 4.79 Å². The molecule has 2 aromatic heterocycles. The number of nitrogens with zero attached hydrogens (tertiary/aromatic N) is 2. The maximum Gasteiger partial charge on any atom is 0.355 e. The molecule has 0 N–H and O–H groups in total. The van der Waals surface area contributed by atoms with Gasteiger partial charge in [0.05, 0.1) is 18.4 Å². The third-order valence-corrected chi connectivity index (χ3v) is 4.42. The largest absolute Gasteiger partial charge is 0.463 e. The van der Waals surface area contributed by atoms with E-state index in [1.165, 1.54) is 0 Å². The van der Waals surface area contributed by atoms with E-state index in [0.29, 0.717) is 17.9 Å². The highest BCUT2D eigenvalue weighted by Crippen LogP contribution is 2.23. The second-order valence-corrected chi connectivity index (χ2v) is 5.94. The third-order valence-electron chi connectivity index (χ3n) is 4.42. The molecule has 1 atom stereocenters. The lowest BCUT2D eigenvalue weighted by molar-refractivity contribution is -0.135.